The Morgan fingerprint density at radius 3 is 2.29 bits per heavy atom. The zero-order valence-electron chi connectivity index (χ0n) is 8.58. The maximum atomic E-state index is 11.3. The second kappa shape index (κ2) is 4.84. The first-order valence-electron chi connectivity index (χ1n) is 4.16. The predicted molar refractivity (Wildman–Crippen MR) is 50.1 cm³/mol. The molecule has 0 unspecified atom stereocenters. The number of allylic oxidation sites excluding steroid dienone is 3. The topological polar surface area (TPSA) is 34.1 Å². The number of quaternary nitrogens is 1. The minimum absolute atomic E-state index is 0. The van der Waals surface area contributed by atoms with Crippen molar-refractivity contribution in [2.24, 2.45) is 0 Å². The molecule has 14 heavy (non-hydrogen) atoms. The van der Waals surface area contributed by atoms with E-state index in [1.54, 1.807) is 12.2 Å². The third kappa shape index (κ3) is 3.71. The van der Waals surface area contributed by atoms with Crippen molar-refractivity contribution >= 4 is 11.6 Å². The molecule has 0 atom stereocenters. The molecule has 0 spiro atoms. The van der Waals surface area contributed by atoms with Gasteiger partial charge in [-0.1, -0.05) is 6.08 Å². The zero-order valence-corrected chi connectivity index (χ0v) is 10.7. The molecule has 0 bridgehead atoms. The first-order valence-corrected chi connectivity index (χ1v) is 4.16. The molecule has 1 rings (SSSR count). The van der Waals surface area contributed by atoms with Gasteiger partial charge in [0.05, 0.1) is 26.7 Å². The Morgan fingerprint density at radius 1 is 1.21 bits per heavy atom. The lowest BCUT2D eigenvalue weighted by atomic mass is 10.0. The third-order valence-electron chi connectivity index (χ3n) is 1.71. The van der Waals surface area contributed by atoms with E-state index in [1.807, 2.05) is 21.1 Å². The normalized spacial score (nSPS) is 16.4. The molecule has 0 aromatic rings. The number of ketones is 2. The summed E-state index contributed by atoms with van der Waals surface area (Å²) in [6, 6.07) is 0. The summed E-state index contributed by atoms with van der Waals surface area (Å²) < 4.78 is 0.651. The molecule has 4 heteroatoms. The monoisotopic (exact) mass is 307 g/mol. The van der Waals surface area contributed by atoms with E-state index in [1.165, 1.54) is 6.08 Å². The Bertz CT molecular complexity index is 311. The van der Waals surface area contributed by atoms with Crippen LogP contribution in [0.2, 0.25) is 0 Å². The number of carbonyl (C=O) groups is 2. The van der Waals surface area contributed by atoms with Crippen molar-refractivity contribution in [1.29, 1.82) is 0 Å². The third-order valence-corrected chi connectivity index (χ3v) is 1.71. The standard InChI is InChI=1S/C10H14NO2.HI/c1-11(2,3)7-8-5-4-6-9(12)10(8)13;/h4-6H,7H2,1-3H3;1H/q+1;/p-1. The number of hydrogen-bond donors (Lipinski definition) is 0. The molecule has 0 aromatic heterocycles. The Balaban J connectivity index is 0.00000169. The van der Waals surface area contributed by atoms with Crippen LogP contribution in [0.5, 0.6) is 0 Å². The van der Waals surface area contributed by atoms with Gasteiger partial charge >= 0.3 is 0 Å². The molecule has 0 heterocycles. The van der Waals surface area contributed by atoms with Gasteiger partial charge in [0.1, 0.15) is 6.54 Å². The van der Waals surface area contributed by atoms with Crippen LogP contribution in [0.1, 0.15) is 0 Å². The summed E-state index contributed by atoms with van der Waals surface area (Å²) in [5.74, 6) is -0.776. The van der Waals surface area contributed by atoms with Crippen LogP contribution in [0.15, 0.2) is 23.8 Å². The summed E-state index contributed by atoms with van der Waals surface area (Å²) in [6.07, 6.45) is 4.66. The largest absolute Gasteiger partial charge is 1.00 e. The van der Waals surface area contributed by atoms with Gasteiger partial charge in [-0.25, -0.2) is 0 Å². The van der Waals surface area contributed by atoms with Crippen molar-refractivity contribution in [1.82, 2.24) is 0 Å². The SMILES string of the molecule is C[N+](C)(C)CC1=CC=CC(=O)C1=O.[I-]. The molecule has 0 fully saturated rings. The van der Waals surface area contributed by atoms with Crippen LogP contribution in [-0.2, 0) is 9.59 Å². The van der Waals surface area contributed by atoms with Crippen LogP contribution in [0.25, 0.3) is 0 Å². The van der Waals surface area contributed by atoms with Crippen LogP contribution in [0.4, 0.5) is 0 Å². The van der Waals surface area contributed by atoms with Gasteiger partial charge in [0.2, 0.25) is 11.6 Å². The number of Topliss-reactive ketones (excluding diaryl/α,β-unsaturated/α-hetero) is 1. The first kappa shape index (κ1) is 13.5. The van der Waals surface area contributed by atoms with Gasteiger partial charge in [0.15, 0.2) is 0 Å². The molecule has 0 amide bonds. The number of carbonyl (C=O) groups excluding carboxylic acids is 2. The number of likely N-dealkylation sites (N-methyl/N-ethyl adjacent to an activating group) is 1. The van der Waals surface area contributed by atoms with Crippen LogP contribution >= 0.6 is 0 Å². The van der Waals surface area contributed by atoms with Crippen molar-refractivity contribution in [3.63, 3.8) is 0 Å². The average Bonchev–Trinajstić information content (AvgIpc) is 1.96. The van der Waals surface area contributed by atoms with Gasteiger partial charge in [-0.05, 0) is 12.2 Å². The minimum Gasteiger partial charge on any atom is -1.00 e. The molecule has 0 N–H and O–H groups in total. The number of hydrogen-bond acceptors (Lipinski definition) is 2. The lowest BCUT2D eigenvalue weighted by Gasteiger charge is -2.24. The van der Waals surface area contributed by atoms with Crippen molar-refractivity contribution in [3.05, 3.63) is 23.8 Å². The van der Waals surface area contributed by atoms with Crippen LogP contribution in [-0.4, -0.2) is 43.7 Å². The molecule has 0 aromatic carbocycles. The van der Waals surface area contributed by atoms with Gasteiger partial charge < -0.3 is 28.5 Å². The second-order valence-corrected chi connectivity index (χ2v) is 4.19. The lowest BCUT2D eigenvalue weighted by molar-refractivity contribution is -0.865. The van der Waals surface area contributed by atoms with Gasteiger partial charge in [-0.3, -0.25) is 9.59 Å². The molecule has 0 aliphatic heterocycles. The maximum absolute atomic E-state index is 11.3. The van der Waals surface area contributed by atoms with E-state index < -0.39 is 5.78 Å². The predicted octanol–water partition coefficient (Wildman–Crippen LogP) is -2.67. The fraction of sp³-hybridized carbons (Fsp3) is 0.400. The molecule has 3 nitrogen and oxygen atoms in total. The Kier molecular flexibility index (Phi) is 4.67. The highest BCUT2D eigenvalue weighted by Gasteiger charge is 2.23. The number of nitrogens with zero attached hydrogens (tertiary/aromatic N) is 1. The summed E-state index contributed by atoms with van der Waals surface area (Å²) >= 11 is 0. The van der Waals surface area contributed by atoms with E-state index in [2.05, 4.69) is 0 Å². The highest BCUT2D eigenvalue weighted by atomic mass is 127. The molecule has 0 saturated carbocycles. The van der Waals surface area contributed by atoms with Crippen molar-refractivity contribution < 1.29 is 38.0 Å². The van der Waals surface area contributed by atoms with Crippen molar-refractivity contribution in [2.75, 3.05) is 27.7 Å². The first-order chi connectivity index (χ1) is 5.90. The van der Waals surface area contributed by atoms with Crippen LogP contribution in [0.3, 0.4) is 0 Å². The molecule has 0 saturated heterocycles. The van der Waals surface area contributed by atoms with E-state index in [4.69, 9.17) is 0 Å². The van der Waals surface area contributed by atoms with E-state index in [0.29, 0.717) is 16.6 Å². The Morgan fingerprint density at radius 2 is 1.79 bits per heavy atom. The van der Waals surface area contributed by atoms with Crippen molar-refractivity contribution in [2.45, 2.75) is 0 Å². The average molecular weight is 307 g/mol. The van der Waals surface area contributed by atoms with E-state index in [0.717, 1.165) is 0 Å². The van der Waals surface area contributed by atoms with Gasteiger partial charge in [-0.15, -0.1) is 0 Å². The van der Waals surface area contributed by atoms with E-state index in [-0.39, 0.29) is 29.8 Å². The molecule has 1 aliphatic carbocycles. The van der Waals surface area contributed by atoms with Crippen LogP contribution in [0, 0.1) is 0 Å². The molecule has 78 valence electrons. The molecule has 1 aliphatic rings. The minimum atomic E-state index is -0.411. The molecule has 0 radical (unpaired) electrons. The summed E-state index contributed by atoms with van der Waals surface area (Å²) in [4.78, 5) is 22.3. The number of halogens is 1. The summed E-state index contributed by atoms with van der Waals surface area (Å²) in [5.41, 5.74) is 0.597. The van der Waals surface area contributed by atoms with Gasteiger partial charge in [0.25, 0.3) is 0 Å². The van der Waals surface area contributed by atoms with E-state index >= 15 is 0 Å². The van der Waals surface area contributed by atoms with Crippen molar-refractivity contribution in [3.8, 4) is 0 Å². The maximum Gasteiger partial charge on any atom is 0.234 e. The fourth-order valence-corrected chi connectivity index (χ4v) is 1.20. The lowest BCUT2D eigenvalue weighted by Crippen LogP contribution is -3.00. The quantitative estimate of drug-likeness (QED) is 0.241. The number of rotatable bonds is 2. The van der Waals surface area contributed by atoms with Gasteiger partial charge in [0, 0.05) is 0 Å². The smallest absolute Gasteiger partial charge is 0.234 e. The zero-order chi connectivity index (χ0) is 10.1. The summed E-state index contributed by atoms with van der Waals surface area (Å²) in [6.45, 7) is 0.592. The van der Waals surface area contributed by atoms with Gasteiger partial charge in [-0.2, -0.15) is 0 Å². The van der Waals surface area contributed by atoms with E-state index in [9.17, 15) is 9.59 Å². The molecular formula is C10H14INO2. The molecular weight excluding hydrogens is 293 g/mol. The summed E-state index contributed by atoms with van der Waals surface area (Å²) in [7, 11) is 5.95. The Labute approximate surface area is 101 Å². The second-order valence-electron chi connectivity index (χ2n) is 4.19. The highest BCUT2D eigenvalue weighted by Crippen LogP contribution is 2.08. The Hall–Kier alpha value is -0.490. The van der Waals surface area contributed by atoms with Crippen LogP contribution < -0.4 is 24.0 Å². The highest BCUT2D eigenvalue weighted by molar-refractivity contribution is 6.48. The fourth-order valence-electron chi connectivity index (χ4n) is 1.20. The summed E-state index contributed by atoms with van der Waals surface area (Å²) in [5, 5.41) is 0.